The summed E-state index contributed by atoms with van der Waals surface area (Å²) in [5.41, 5.74) is 5.46. The number of hydrogen-bond acceptors (Lipinski definition) is 4. The van der Waals surface area contributed by atoms with Gasteiger partial charge in [0.15, 0.2) is 6.61 Å². The van der Waals surface area contributed by atoms with E-state index >= 15 is 0 Å². The molecule has 0 aliphatic rings. The summed E-state index contributed by atoms with van der Waals surface area (Å²) in [6, 6.07) is 6.52. The van der Waals surface area contributed by atoms with E-state index in [1.807, 2.05) is 0 Å². The summed E-state index contributed by atoms with van der Waals surface area (Å²) < 4.78 is 5.29. The number of hydrogen-bond donors (Lipinski definition) is 3. The molecule has 6 nitrogen and oxygen atoms in total. The van der Waals surface area contributed by atoms with Gasteiger partial charge in [-0.3, -0.25) is 9.59 Å². The topological polar surface area (TPSA) is 102 Å². The molecule has 0 spiro atoms. The fourth-order valence-corrected chi connectivity index (χ4v) is 1.63. The van der Waals surface area contributed by atoms with Crippen molar-refractivity contribution in [2.24, 2.45) is 5.73 Å². The third kappa shape index (κ3) is 5.71. The Balaban J connectivity index is 2.32. The highest BCUT2D eigenvalue weighted by molar-refractivity contribution is 5.95. The zero-order valence-corrected chi connectivity index (χ0v) is 11.3. The normalized spacial score (nSPS) is 10.1. The summed E-state index contributed by atoms with van der Waals surface area (Å²) >= 11 is 0. The molecule has 1 rings (SSSR count). The monoisotopic (exact) mass is 280 g/mol. The number of carbonyl (C=O) groups excluding carboxylic acids is 2. The van der Waals surface area contributed by atoms with Gasteiger partial charge in [0.05, 0.1) is 5.56 Å². The van der Waals surface area contributed by atoms with Crippen molar-refractivity contribution in [3.8, 4) is 5.75 Å². The second-order valence-corrected chi connectivity index (χ2v) is 4.28. The SMILES string of the molecule is NC(=O)c1ccccc1OCC(=O)NCCCCCO. The molecule has 0 aliphatic carbocycles. The molecule has 110 valence electrons. The van der Waals surface area contributed by atoms with Gasteiger partial charge < -0.3 is 20.9 Å². The molecule has 1 aromatic rings. The molecule has 0 heterocycles. The van der Waals surface area contributed by atoms with Crippen LogP contribution < -0.4 is 15.8 Å². The number of carbonyl (C=O) groups is 2. The maximum absolute atomic E-state index is 11.5. The second-order valence-electron chi connectivity index (χ2n) is 4.28. The predicted molar refractivity (Wildman–Crippen MR) is 74.4 cm³/mol. The van der Waals surface area contributed by atoms with Gasteiger partial charge in [0.1, 0.15) is 5.75 Å². The minimum atomic E-state index is -0.593. The summed E-state index contributed by atoms with van der Waals surface area (Å²) in [4.78, 5) is 22.7. The van der Waals surface area contributed by atoms with E-state index in [9.17, 15) is 9.59 Å². The Morgan fingerprint density at radius 3 is 2.65 bits per heavy atom. The van der Waals surface area contributed by atoms with E-state index in [4.69, 9.17) is 15.6 Å². The molecule has 2 amide bonds. The minimum absolute atomic E-state index is 0.162. The van der Waals surface area contributed by atoms with Gasteiger partial charge in [-0.25, -0.2) is 0 Å². The Kier molecular flexibility index (Phi) is 7.13. The van der Waals surface area contributed by atoms with E-state index in [0.717, 1.165) is 19.3 Å². The van der Waals surface area contributed by atoms with E-state index in [-0.39, 0.29) is 24.7 Å². The lowest BCUT2D eigenvalue weighted by atomic mass is 10.2. The van der Waals surface area contributed by atoms with Crippen LogP contribution >= 0.6 is 0 Å². The van der Waals surface area contributed by atoms with Crippen molar-refractivity contribution in [1.82, 2.24) is 5.32 Å². The van der Waals surface area contributed by atoms with Crippen LogP contribution in [0.3, 0.4) is 0 Å². The first-order valence-electron chi connectivity index (χ1n) is 6.54. The molecule has 0 radical (unpaired) electrons. The molecule has 1 aromatic carbocycles. The lowest BCUT2D eigenvalue weighted by Crippen LogP contribution is -2.30. The molecule has 0 aromatic heterocycles. The number of unbranched alkanes of at least 4 members (excludes halogenated alkanes) is 2. The average molecular weight is 280 g/mol. The number of aliphatic hydroxyl groups is 1. The lowest BCUT2D eigenvalue weighted by Gasteiger charge is -2.09. The third-order valence-electron chi connectivity index (χ3n) is 2.67. The molecule has 0 saturated heterocycles. The van der Waals surface area contributed by atoms with Crippen LogP contribution in [0.2, 0.25) is 0 Å². The Hall–Kier alpha value is -2.08. The zero-order valence-electron chi connectivity index (χ0n) is 11.3. The van der Waals surface area contributed by atoms with Crippen LogP contribution in [0.4, 0.5) is 0 Å². The zero-order chi connectivity index (χ0) is 14.8. The van der Waals surface area contributed by atoms with Crippen molar-refractivity contribution in [2.45, 2.75) is 19.3 Å². The minimum Gasteiger partial charge on any atom is -0.483 e. The van der Waals surface area contributed by atoms with Crippen LogP contribution in [-0.4, -0.2) is 36.7 Å². The van der Waals surface area contributed by atoms with Gasteiger partial charge in [0, 0.05) is 13.2 Å². The molecule has 0 bridgehead atoms. The van der Waals surface area contributed by atoms with Crippen LogP contribution in [0.1, 0.15) is 29.6 Å². The molecule has 0 fully saturated rings. The first kappa shape index (κ1) is 16.0. The molecule has 0 unspecified atom stereocenters. The van der Waals surface area contributed by atoms with Gasteiger partial charge in [0.25, 0.3) is 11.8 Å². The number of nitrogens with one attached hydrogen (secondary N) is 1. The highest BCUT2D eigenvalue weighted by Crippen LogP contribution is 2.16. The molecule has 4 N–H and O–H groups in total. The number of benzene rings is 1. The molecular formula is C14H20N2O4. The predicted octanol–water partition coefficient (Wildman–Crippen LogP) is 0.443. The largest absolute Gasteiger partial charge is 0.483 e. The number of primary amides is 1. The molecular weight excluding hydrogens is 260 g/mol. The van der Waals surface area contributed by atoms with Crippen molar-refractivity contribution in [2.75, 3.05) is 19.8 Å². The van der Waals surface area contributed by atoms with Crippen molar-refractivity contribution in [3.05, 3.63) is 29.8 Å². The standard InChI is InChI=1S/C14H20N2O4/c15-14(19)11-6-2-3-7-12(11)20-10-13(18)16-8-4-1-5-9-17/h2-3,6-7,17H,1,4-5,8-10H2,(H2,15,19)(H,16,18). The maximum atomic E-state index is 11.5. The summed E-state index contributed by atoms with van der Waals surface area (Å²) in [5, 5.41) is 11.3. The number of rotatable bonds is 9. The lowest BCUT2D eigenvalue weighted by molar-refractivity contribution is -0.123. The maximum Gasteiger partial charge on any atom is 0.257 e. The molecule has 0 aliphatic heterocycles. The number of amides is 2. The number of nitrogens with two attached hydrogens (primary N) is 1. The Bertz CT molecular complexity index is 449. The van der Waals surface area contributed by atoms with Gasteiger partial charge in [-0.15, -0.1) is 0 Å². The molecule has 0 atom stereocenters. The Labute approximate surface area is 117 Å². The highest BCUT2D eigenvalue weighted by Gasteiger charge is 2.09. The van der Waals surface area contributed by atoms with Gasteiger partial charge in [-0.1, -0.05) is 12.1 Å². The quantitative estimate of drug-likeness (QED) is 0.571. The van der Waals surface area contributed by atoms with E-state index in [2.05, 4.69) is 5.32 Å². The van der Waals surface area contributed by atoms with Crippen LogP contribution in [0.15, 0.2) is 24.3 Å². The Morgan fingerprint density at radius 2 is 1.95 bits per heavy atom. The van der Waals surface area contributed by atoms with E-state index < -0.39 is 5.91 Å². The van der Waals surface area contributed by atoms with Crippen molar-refractivity contribution < 1.29 is 19.4 Å². The van der Waals surface area contributed by atoms with Gasteiger partial charge in [-0.2, -0.15) is 0 Å². The number of para-hydroxylation sites is 1. The van der Waals surface area contributed by atoms with Crippen LogP contribution in [0.25, 0.3) is 0 Å². The van der Waals surface area contributed by atoms with Gasteiger partial charge >= 0.3 is 0 Å². The van der Waals surface area contributed by atoms with Gasteiger partial charge in [0.2, 0.25) is 0 Å². The van der Waals surface area contributed by atoms with E-state index in [1.54, 1.807) is 24.3 Å². The van der Waals surface area contributed by atoms with Crippen LogP contribution in [-0.2, 0) is 4.79 Å². The second kappa shape index (κ2) is 8.92. The third-order valence-corrected chi connectivity index (χ3v) is 2.67. The summed E-state index contributed by atoms with van der Waals surface area (Å²) in [7, 11) is 0. The summed E-state index contributed by atoms with van der Waals surface area (Å²) in [6.45, 7) is 0.547. The smallest absolute Gasteiger partial charge is 0.257 e. The summed E-state index contributed by atoms with van der Waals surface area (Å²) in [6.07, 6.45) is 2.41. The van der Waals surface area contributed by atoms with Crippen LogP contribution in [0, 0.1) is 0 Å². The fourth-order valence-electron chi connectivity index (χ4n) is 1.63. The Morgan fingerprint density at radius 1 is 1.20 bits per heavy atom. The summed E-state index contributed by atoms with van der Waals surface area (Å²) in [5.74, 6) is -0.547. The van der Waals surface area contributed by atoms with E-state index in [0.29, 0.717) is 12.3 Å². The van der Waals surface area contributed by atoms with Crippen molar-refractivity contribution >= 4 is 11.8 Å². The molecule has 20 heavy (non-hydrogen) atoms. The van der Waals surface area contributed by atoms with Gasteiger partial charge in [-0.05, 0) is 31.4 Å². The number of ether oxygens (including phenoxy) is 1. The molecule has 6 heteroatoms. The fraction of sp³-hybridized carbons (Fsp3) is 0.429. The van der Waals surface area contributed by atoms with Crippen molar-refractivity contribution in [1.29, 1.82) is 0 Å². The van der Waals surface area contributed by atoms with Crippen LogP contribution in [0.5, 0.6) is 5.75 Å². The first-order chi connectivity index (χ1) is 9.65. The highest BCUT2D eigenvalue weighted by atomic mass is 16.5. The average Bonchev–Trinajstić information content (AvgIpc) is 2.45. The first-order valence-corrected chi connectivity index (χ1v) is 6.54. The van der Waals surface area contributed by atoms with E-state index in [1.165, 1.54) is 0 Å². The van der Waals surface area contributed by atoms with Crippen molar-refractivity contribution in [3.63, 3.8) is 0 Å². The number of aliphatic hydroxyl groups excluding tert-OH is 1. The molecule has 0 saturated carbocycles.